The molecular formula is C12H14BrFN2O. The molecule has 1 aromatic carbocycles. The maximum atomic E-state index is 12.9. The van der Waals surface area contributed by atoms with Crippen molar-refractivity contribution in [2.24, 2.45) is 0 Å². The first-order valence-corrected chi connectivity index (χ1v) is 6.66. The molecule has 92 valence electrons. The smallest absolute Gasteiger partial charge is 0.233 e. The fourth-order valence-corrected chi connectivity index (χ4v) is 2.38. The van der Waals surface area contributed by atoms with Gasteiger partial charge in [-0.1, -0.05) is 28.1 Å². The zero-order valence-corrected chi connectivity index (χ0v) is 10.9. The van der Waals surface area contributed by atoms with Crippen molar-refractivity contribution >= 4 is 21.8 Å². The molecule has 0 radical (unpaired) electrons. The summed E-state index contributed by atoms with van der Waals surface area (Å²) in [5.41, 5.74) is 0.966. The van der Waals surface area contributed by atoms with Crippen molar-refractivity contribution in [3.63, 3.8) is 0 Å². The Morgan fingerprint density at radius 2 is 2.18 bits per heavy atom. The van der Waals surface area contributed by atoms with E-state index < -0.39 is 0 Å². The summed E-state index contributed by atoms with van der Waals surface area (Å²) < 4.78 is 12.9. The quantitative estimate of drug-likeness (QED) is 0.843. The summed E-state index contributed by atoms with van der Waals surface area (Å²) in [5.74, 6) is -0.184. The van der Waals surface area contributed by atoms with Gasteiger partial charge < -0.3 is 10.2 Å². The number of hydrogen-bond donors (Lipinski definition) is 1. The van der Waals surface area contributed by atoms with Crippen molar-refractivity contribution in [3.05, 3.63) is 35.6 Å². The number of carbonyl (C=O) groups excluding carboxylic acids is 1. The van der Waals surface area contributed by atoms with Gasteiger partial charge in [-0.2, -0.15) is 0 Å². The van der Waals surface area contributed by atoms with Crippen molar-refractivity contribution in [1.29, 1.82) is 0 Å². The van der Waals surface area contributed by atoms with Crippen molar-refractivity contribution < 1.29 is 9.18 Å². The van der Waals surface area contributed by atoms with Crippen molar-refractivity contribution in [2.75, 3.05) is 25.0 Å². The molecule has 1 amide bonds. The van der Waals surface area contributed by atoms with E-state index in [1.807, 2.05) is 4.90 Å². The highest BCUT2D eigenvalue weighted by molar-refractivity contribution is 9.09. The minimum atomic E-state index is -0.254. The Labute approximate surface area is 108 Å². The van der Waals surface area contributed by atoms with Gasteiger partial charge in [0, 0.05) is 19.6 Å². The number of piperazine rings is 1. The highest BCUT2D eigenvalue weighted by Gasteiger charge is 2.26. The Balaban J connectivity index is 2.21. The van der Waals surface area contributed by atoms with Gasteiger partial charge in [0.1, 0.15) is 5.82 Å². The highest BCUT2D eigenvalue weighted by atomic mass is 79.9. The van der Waals surface area contributed by atoms with Crippen LogP contribution in [0.15, 0.2) is 24.3 Å². The molecule has 1 atom stereocenters. The molecule has 0 saturated carbocycles. The molecule has 0 aromatic heterocycles. The maximum Gasteiger partial charge on any atom is 0.233 e. The zero-order valence-electron chi connectivity index (χ0n) is 9.33. The lowest BCUT2D eigenvalue weighted by Crippen LogP contribution is -2.49. The van der Waals surface area contributed by atoms with E-state index in [1.54, 1.807) is 12.1 Å². The van der Waals surface area contributed by atoms with Crippen LogP contribution < -0.4 is 5.32 Å². The molecule has 1 aliphatic rings. The van der Waals surface area contributed by atoms with Crippen LogP contribution in [0.4, 0.5) is 4.39 Å². The van der Waals surface area contributed by atoms with Gasteiger partial charge in [0.15, 0.2) is 0 Å². The van der Waals surface area contributed by atoms with Crippen LogP contribution in [0, 0.1) is 5.82 Å². The summed E-state index contributed by atoms with van der Waals surface area (Å²) in [6.07, 6.45) is 0. The molecule has 0 spiro atoms. The third-order valence-corrected chi connectivity index (χ3v) is 3.41. The highest BCUT2D eigenvalue weighted by Crippen LogP contribution is 2.22. The van der Waals surface area contributed by atoms with E-state index in [0.717, 1.165) is 12.1 Å². The molecular weight excluding hydrogens is 287 g/mol. The van der Waals surface area contributed by atoms with Gasteiger partial charge >= 0.3 is 0 Å². The fourth-order valence-electron chi connectivity index (χ4n) is 2.06. The number of rotatable bonds is 2. The van der Waals surface area contributed by atoms with E-state index in [0.29, 0.717) is 18.4 Å². The summed E-state index contributed by atoms with van der Waals surface area (Å²) in [7, 11) is 0. The minimum absolute atomic E-state index is 0.00519. The number of nitrogens with zero attached hydrogens (tertiary/aromatic N) is 1. The van der Waals surface area contributed by atoms with Crippen LogP contribution in [0.2, 0.25) is 0 Å². The monoisotopic (exact) mass is 300 g/mol. The van der Waals surface area contributed by atoms with Gasteiger partial charge in [-0.25, -0.2) is 4.39 Å². The molecule has 1 fully saturated rings. The molecule has 1 aromatic rings. The largest absolute Gasteiger partial charge is 0.332 e. The summed E-state index contributed by atoms with van der Waals surface area (Å²) in [6.45, 7) is 2.20. The molecule has 1 saturated heterocycles. The van der Waals surface area contributed by atoms with Gasteiger partial charge in [-0.3, -0.25) is 4.79 Å². The summed E-state index contributed by atoms with van der Waals surface area (Å²) in [4.78, 5) is 13.6. The molecule has 17 heavy (non-hydrogen) atoms. The van der Waals surface area contributed by atoms with Crippen molar-refractivity contribution in [1.82, 2.24) is 10.2 Å². The number of nitrogens with one attached hydrogen (secondary N) is 1. The molecule has 0 bridgehead atoms. The molecule has 0 aliphatic carbocycles. The Hall–Kier alpha value is -0.940. The molecule has 3 nitrogen and oxygen atoms in total. The second-order valence-corrected chi connectivity index (χ2v) is 4.55. The number of benzene rings is 1. The van der Waals surface area contributed by atoms with E-state index >= 15 is 0 Å². The van der Waals surface area contributed by atoms with Crippen LogP contribution in [0.3, 0.4) is 0 Å². The average molecular weight is 301 g/mol. The van der Waals surface area contributed by atoms with Crippen LogP contribution in [-0.4, -0.2) is 35.8 Å². The molecule has 1 unspecified atom stereocenters. The Morgan fingerprint density at radius 3 is 2.82 bits per heavy atom. The summed E-state index contributed by atoms with van der Waals surface area (Å²) in [5, 5.41) is 3.58. The Morgan fingerprint density at radius 1 is 1.47 bits per heavy atom. The van der Waals surface area contributed by atoms with E-state index in [4.69, 9.17) is 0 Å². The lowest BCUT2D eigenvalue weighted by molar-refractivity contribution is -0.131. The molecule has 2 rings (SSSR count). The first-order chi connectivity index (χ1) is 8.22. The number of amides is 1. The predicted molar refractivity (Wildman–Crippen MR) is 67.5 cm³/mol. The second-order valence-electron chi connectivity index (χ2n) is 3.99. The number of halogens is 2. The van der Waals surface area contributed by atoms with Crippen LogP contribution in [0.25, 0.3) is 0 Å². The topological polar surface area (TPSA) is 32.3 Å². The first-order valence-electron chi connectivity index (χ1n) is 5.54. The second kappa shape index (κ2) is 5.60. The number of hydrogen-bond acceptors (Lipinski definition) is 2. The first kappa shape index (κ1) is 12.5. The van der Waals surface area contributed by atoms with Crippen molar-refractivity contribution in [3.8, 4) is 0 Å². The summed E-state index contributed by atoms with van der Waals surface area (Å²) >= 11 is 3.19. The summed E-state index contributed by atoms with van der Waals surface area (Å²) in [6, 6.07) is 6.33. The van der Waals surface area contributed by atoms with Gasteiger partial charge in [0.05, 0.1) is 11.4 Å². The van der Waals surface area contributed by atoms with Gasteiger partial charge in [-0.05, 0) is 17.7 Å². The SMILES string of the molecule is O=C(CBr)N1CCNCC1c1ccc(F)cc1. The van der Waals surface area contributed by atoms with E-state index in [9.17, 15) is 9.18 Å². The third kappa shape index (κ3) is 2.84. The van der Waals surface area contributed by atoms with Gasteiger partial charge in [0.25, 0.3) is 0 Å². The van der Waals surface area contributed by atoms with E-state index in [2.05, 4.69) is 21.2 Å². The zero-order chi connectivity index (χ0) is 12.3. The van der Waals surface area contributed by atoms with E-state index in [1.165, 1.54) is 12.1 Å². The Bertz CT molecular complexity index is 396. The Kier molecular flexibility index (Phi) is 4.12. The predicted octanol–water partition coefficient (Wildman–Crippen LogP) is 1.69. The lowest BCUT2D eigenvalue weighted by Gasteiger charge is -2.36. The molecule has 1 heterocycles. The molecule has 5 heteroatoms. The van der Waals surface area contributed by atoms with E-state index in [-0.39, 0.29) is 17.8 Å². The van der Waals surface area contributed by atoms with Crippen LogP contribution in [0.5, 0.6) is 0 Å². The lowest BCUT2D eigenvalue weighted by atomic mass is 10.0. The van der Waals surface area contributed by atoms with Crippen LogP contribution >= 0.6 is 15.9 Å². The molecule has 1 aliphatic heterocycles. The number of carbonyl (C=O) groups is 1. The standard InChI is InChI=1S/C12H14BrFN2O/c13-7-12(17)16-6-5-15-8-11(16)9-1-3-10(14)4-2-9/h1-4,11,15H,5-8H2. The maximum absolute atomic E-state index is 12.9. The third-order valence-electron chi connectivity index (χ3n) is 2.93. The minimum Gasteiger partial charge on any atom is -0.332 e. The van der Waals surface area contributed by atoms with Crippen molar-refractivity contribution in [2.45, 2.75) is 6.04 Å². The average Bonchev–Trinajstić information content (AvgIpc) is 2.39. The van der Waals surface area contributed by atoms with Gasteiger partial charge in [0.2, 0.25) is 5.91 Å². The number of alkyl halides is 1. The molecule has 1 N–H and O–H groups in total. The van der Waals surface area contributed by atoms with Crippen LogP contribution in [-0.2, 0) is 4.79 Å². The fraction of sp³-hybridized carbons (Fsp3) is 0.417. The van der Waals surface area contributed by atoms with Crippen LogP contribution in [0.1, 0.15) is 11.6 Å². The van der Waals surface area contributed by atoms with Gasteiger partial charge in [-0.15, -0.1) is 0 Å². The normalized spacial score (nSPS) is 20.4.